The van der Waals surface area contributed by atoms with E-state index in [9.17, 15) is 14.7 Å². The molecule has 2 aliphatic rings. The lowest BCUT2D eigenvalue weighted by molar-refractivity contribution is 0.0933. The zero-order valence-electron chi connectivity index (χ0n) is 15.9. The third kappa shape index (κ3) is 3.44. The third-order valence-electron chi connectivity index (χ3n) is 4.96. The first-order valence-electron chi connectivity index (χ1n) is 9.13. The van der Waals surface area contributed by atoms with Gasteiger partial charge in [0, 0.05) is 28.1 Å². The second-order valence-electron chi connectivity index (χ2n) is 6.68. The Labute approximate surface area is 176 Å². The Morgan fingerprint density at radius 1 is 1.41 bits per heavy atom. The number of hydrogen-bond donors (Lipinski definition) is 3. The smallest absolute Gasteiger partial charge is 0.410 e. The molecule has 2 aliphatic heterocycles. The van der Waals surface area contributed by atoms with Crippen LogP contribution in [0.1, 0.15) is 39.5 Å². The topological polar surface area (TPSA) is 100 Å². The van der Waals surface area contributed by atoms with E-state index in [1.165, 1.54) is 24.5 Å². The molecule has 2 aromatic rings. The minimum Gasteiger partial charge on any atom is -0.504 e. The summed E-state index contributed by atoms with van der Waals surface area (Å²) in [5.74, 6) is -0.0953. The van der Waals surface area contributed by atoms with Crippen LogP contribution in [-0.2, 0) is 17.7 Å². The average Bonchev–Trinajstić information content (AvgIpc) is 3.07. The van der Waals surface area contributed by atoms with Gasteiger partial charge in [-0.25, -0.2) is 4.79 Å². The molecule has 0 radical (unpaired) electrons. The number of nitrogens with one attached hydrogen (secondary N) is 2. The van der Waals surface area contributed by atoms with E-state index in [0.717, 1.165) is 10.4 Å². The molecule has 0 spiro atoms. The van der Waals surface area contributed by atoms with Crippen LogP contribution in [0.4, 0.5) is 9.80 Å². The Hall–Kier alpha value is -2.65. The van der Waals surface area contributed by atoms with Crippen molar-refractivity contribution in [1.29, 1.82) is 0 Å². The number of phenols is 1. The summed E-state index contributed by atoms with van der Waals surface area (Å²) in [7, 11) is 1.43. The molecule has 0 aliphatic carbocycles. The molecule has 8 nitrogen and oxygen atoms in total. The van der Waals surface area contributed by atoms with Crippen LogP contribution < -0.4 is 15.4 Å². The summed E-state index contributed by atoms with van der Waals surface area (Å²) >= 11 is 7.56. The maximum Gasteiger partial charge on any atom is 0.410 e. The minimum absolute atomic E-state index is 0.0899. The standard InChI is InChI=1S/C19H20ClN3O5S/c1-3-28-19(26)23-5-4-10-13(8-23)29-18-14(10)17(25)21-16(22-18)11-6-9(20)7-12(27-2)15(11)24/h6-7,16,22,24H,3-5,8H2,1-2H3,(H,21,25)/t16-/m1/s1. The van der Waals surface area contributed by atoms with E-state index in [2.05, 4.69) is 10.6 Å². The highest BCUT2D eigenvalue weighted by molar-refractivity contribution is 7.16. The summed E-state index contributed by atoms with van der Waals surface area (Å²) in [6, 6.07) is 3.09. The Morgan fingerprint density at radius 3 is 2.93 bits per heavy atom. The van der Waals surface area contributed by atoms with Crippen molar-refractivity contribution in [2.75, 3.05) is 25.6 Å². The molecule has 2 amide bonds. The maximum atomic E-state index is 12.9. The van der Waals surface area contributed by atoms with Gasteiger partial charge in [-0.2, -0.15) is 0 Å². The van der Waals surface area contributed by atoms with Gasteiger partial charge in [-0.1, -0.05) is 11.6 Å². The van der Waals surface area contributed by atoms with Crippen LogP contribution in [0.5, 0.6) is 11.5 Å². The number of carbonyl (C=O) groups is 2. The number of phenolic OH excluding ortho intramolecular Hbond substituents is 1. The summed E-state index contributed by atoms with van der Waals surface area (Å²) in [6.07, 6.45) is -0.435. The number of thiophene rings is 1. The molecular formula is C19H20ClN3O5S. The zero-order chi connectivity index (χ0) is 20.7. The van der Waals surface area contributed by atoms with Crippen LogP contribution in [0.3, 0.4) is 0 Å². The van der Waals surface area contributed by atoms with Crippen LogP contribution in [0.25, 0.3) is 0 Å². The first kappa shape index (κ1) is 19.7. The summed E-state index contributed by atoms with van der Waals surface area (Å²) in [5.41, 5.74) is 1.95. The Bertz CT molecular complexity index is 993. The van der Waals surface area contributed by atoms with E-state index >= 15 is 0 Å². The van der Waals surface area contributed by atoms with E-state index in [1.807, 2.05) is 0 Å². The minimum atomic E-state index is -0.663. The van der Waals surface area contributed by atoms with Crippen molar-refractivity contribution in [3.8, 4) is 11.5 Å². The number of aromatic hydroxyl groups is 1. The molecule has 154 valence electrons. The van der Waals surface area contributed by atoms with Crippen molar-refractivity contribution >= 4 is 39.9 Å². The largest absolute Gasteiger partial charge is 0.504 e. The fraction of sp³-hybridized carbons (Fsp3) is 0.368. The Balaban J connectivity index is 1.64. The van der Waals surface area contributed by atoms with Crippen molar-refractivity contribution in [3.63, 3.8) is 0 Å². The van der Waals surface area contributed by atoms with Gasteiger partial charge in [0.25, 0.3) is 5.91 Å². The molecule has 10 heteroatoms. The maximum absolute atomic E-state index is 12.9. The fourth-order valence-corrected chi connectivity index (χ4v) is 5.12. The molecule has 0 bridgehead atoms. The average molecular weight is 438 g/mol. The first-order chi connectivity index (χ1) is 13.9. The van der Waals surface area contributed by atoms with Gasteiger partial charge in [0.15, 0.2) is 11.5 Å². The lowest BCUT2D eigenvalue weighted by Crippen LogP contribution is -2.39. The fourth-order valence-electron chi connectivity index (χ4n) is 3.61. The summed E-state index contributed by atoms with van der Waals surface area (Å²) in [5, 5.41) is 17.7. The Morgan fingerprint density at radius 2 is 2.21 bits per heavy atom. The predicted octanol–water partition coefficient (Wildman–Crippen LogP) is 3.48. The summed E-state index contributed by atoms with van der Waals surface area (Å²) < 4.78 is 10.2. The highest BCUT2D eigenvalue weighted by Crippen LogP contribution is 2.43. The molecule has 3 N–H and O–H groups in total. The quantitative estimate of drug-likeness (QED) is 0.679. The van der Waals surface area contributed by atoms with Gasteiger partial charge in [0.1, 0.15) is 11.2 Å². The van der Waals surface area contributed by atoms with Crippen molar-refractivity contribution < 1.29 is 24.2 Å². The normalized spacial score (nSPS) is 17.7. The molecule has 0 saturated carbocycles. The number of anilines is 1. The number of ether oxygens (including phenoxy) is 2. The molecule has 3 heterocycles. The van der Waals surface area contributed by atoms with Crippen molar-refractivity contribution in [2.45, 2.75) is 26.1 Å². The van der Waals surface area contributed by atoms with E-state index in [1.54, 1.807) is 17.9 Å². The zero-order valence-corrected chi connectivity index (χ0v) is 17.4. The highest BCUT2D eigenvalue weighted by atomic mass is 35.5. The molecular weight excluding hydrogens is 418 g/mol. The molecule has 1 aromatic carbocycles. The molecule has 0 unspecified atom stereocenters. The lowest BCUT2D eigenvalue weighted by atomic mass is 10.00. The SMILES string of the molecule is CCOC(=O)N1CCc2c(sc3c2C(=O)N[C@@H](c2cc(Cl)cc(OC)c2O)N3)C1. The molecule has 0 fully saturated rings. The van der Waals surface area contributed by atoms with Gasteiger partial charge >= 0.3 is 6.09 Å². The predicted molar refractivity (Wildman–Crippen MR) is 109 cm³/mol. The van der Waals surface area contributed by atoms with Crippen LogP contribution >= 0.6 is 22.9 Å². The highest BCUT2D eigenvalue weighted by Gasteiger charge is 2.35. The summed E-state index contributed by atoms with van der Waals surface area (Å²) in [6.45, 7) is 2.99. The molecule has 1 aromatic heterocycles. The second-order valence-corrected chi connectivity index (χ2v) is 8.22. The number of hydrogen-bond acceptors (Lipinski definition) is 7. The van der Waals surface area contributed by atoms with E-state index in [0.29, 0.717) is 47.3 Å². The van der Waals surface area contributed by atoms with E-state index in [4.69, 9.17) is 21.1 Å². The third-order valence-corrected chi connectivity index (χ3v) is 6.33. The Kier molecular flexibility index (Phi) is 5.18. The number of nitrogens with zero attached hydrogens (tertiary/aromatic N) is 1. The monoisotopic (exact) mass is 437 g/mol. The molecule has 29 heavy (non-hydrogen) atoms. The van der Waals surface area contributed by atoms with Gasteiger partial charge in [-0.3, -0.25) is 4.79 Å². The van der Waals surface area contributed by atoms with Gasteiger partial charge in [-0.05, 0) is 25.0 Å². The number of methoxy groups -OCH3 is 1. The van der Waals surface area contributed by atoms with Crippen LogP contribution in [-0.4, -0.2) is 42.3 Å². The van der Waals surface area contributed by atoms with Gasteiger partial charge in [-0.15, -0.1) is 11.3 Å². The first-order valence-corrected chi connectivity index (χ1v) is 10.3. The van der Waals surface area contributed by atoms with Crippen LogP contribution in [0.15, 0.2) is 12.1 Å². The van der Waals surface area contributed by atoms with Crippen LogP contribution in [0.2, 0.25) is 5.02 Å². The van der Waals surface area contributed by atoms with E-state index < -0.39 is 6.17 Å². The van der Waals surface area contributed by atoms with Crippen molar-refractivity contribution in [3.05, 3.63) is 38.7 Å². The molecule has 1 atom stereocenters. The number of rotatable bonds is 3. The van der Waals surface area contributed by atoms with Gasteiger partial charge < -0.3 is 30.1 Å². The number of carbonyl (C=O) groups excluding carboxylic acids is 2. The number of halogens is 1. The van der Waals surface area contributed by atoms with Crippen LogP contribution in [0, 0.1) is 0 Å². The molecule has 4 rings (SSSR count). The van der Waals surface area contributed by atoms with Crippen molar-refractivity contribution in [1.82, 2.24) is 10.2 Å². The molecule has 0 saturated heterocycles. The number of fused-ring (bicyclic) bond motifs is 3. The summed E-state index contributed by atoms with van der Waals surface area (Å²) in [4.78, 5) is 27.5. The number of amides is 2. The number of benzene rings is 1. The van der Waals surface area contributed by atoms with Gasteiger partial charge in [0.2, 0.25) is 0 Å². The van der Waals surface area contributed by atoms with Crippen molar-refractivity contribution in [2.24, 2.45) is 0 Å². The lowest BCUT2D eigenvalue weighted by Gasteiger charge is -2.28. The van der Waals surface area contributed by atoms with Gasteiger partial charge in [0.05, 0.1) is 25.8 Å². The second kappa shape index (κ2) is 7.64. The van der Waals surface area contributed by atoms with E-state index in [-0.39, 0.29) is 23.5 Å².